The molecule has 2 atom stereocenters. The molecular formula is C22H24N2O5. The summed E-state index contributed by atoms with van der Waals surface area (Å²) in [4.78, 5) is 40.7. The first-order chi connectivity index (χ1) is 13.9. The van der Waals surface area contributed by atoms with E-state index in [1.165, 1.54) is 9.80 Å². The molecule has 2 aromatic carbocycles. The first kappa shape index (κ1) is 20.4. The van der Waals surface area contributed by atoms with Gasteiger partial charge in [-0.1, -0.05) is 60.7 Å². The maximum atomic E-state index is 13.2. The van der Waals surface area contributed by atoms with Gasteiger partial charge in [-0.25, -0.2) is 14.4 Å². The molecule has 1 aliphatic rings. The van der Waals surface area contributed by atoms with E-state index in [1.54, 1.807) is 13.8 Å². The summed E-state index contributed by atoms with van der Waals surface area (Å²) in [6, 6.07) is 15.2. The Morgan fingerprint density at radius 2 is 1.34 bits per heavy atom. The van der Waals surface area contributed by atoms with E-state index < -0.39 is 36.2 Å². The van der Waals surface area contributed by atoms with Gasteiger partial charge in [0.2, 0.25) is 0 Å². The molecule has 0 unspecified atom stereocenters. The number of urea groups is 1. The highest BCUT2D eigenvalue weighted by Gasteiger charge is 2.54. The molecule has 1 fully saturated rings. The number of aliphatic carboxylic acids is 1. The predicted octanol–water partition coefficient (Wildman–Crippen LogP) is 2.90. The van der Waals surface area contributed by atoms with Crippen molar-refractivity contribution in [2.75, 3.05) is 0 Å². The molecule has 1 aliphatic heterocycles. The van der Waals surface area contributed by atoms with E-state index in [9.17, 15) is 19.5 Å². The van der Waals surface area contributed by atoms with E-state index in [0.29, 0.717) is 0 Å². The largest absolute Gasteiger partial charge is 0.480 e. The van der Waals surface area contributed by atoms with Crippen LogP contribution in [0.1, 0.15) is 25.0 Å². The number of rotatable bonds is 7. The second-order valence-electron chi connectivity index (χ2n) is 7.22. The minimum atomic E-state index is -1.34. The molecule has 7 heteroatoms. The number of carbonyl (C=O) groups excluding carboxylic acids is 2. The topological polar surface area (TPSA) is 87.1 Å². The highest BCUT2D eigenvalue weighted by molar-refractivity contribution is 5.96. The number of carboxylic acids is 1. The molecule has 0 radical (unpaired) electrons. The number of hydrogen-bond donors (Lipinski definition) is 1. The minimum absolute atomic E-state index is 0.0907. The van der Waals surface area contributed by atoms with Crippen molar-refractivity contribution >= 4 is 18.0 Å². The highest BCUT2D eigenvalue weighted by atomic mass is 16.5. The Balaban J connectivity index is 1.97. The quantitative estimate of drug-likeness (QED) is 0.727. The van der Waals surface area contributed by atoms with E-state index in [1.807, 2.05) is 60.7 Å². The molecule has 2 amide bonds. The van der Waals surface area contributed by atoms with Gasteiger partial charge in [0.05, 0.1) is 6.10 Å². The van der Waals surface area contributed by atoms with Crippen molar-refractivity contribution in [3.05, 3.63) is 71.8 Å². The molecular weight excluding hydrogens is 372 g/mol. The Morgan fingerprint density at radius 1 is 0.897 bits per heavy atom. The zero-order valence-electron chi connectivity index (χ0n) is 16.4. The van der Waals surface area contributed by atoms with Crippen molar-refractivity contribution in [3.63, 3.8) is 0 Å². The molecule has 0 spiro atoms. The van der Waals surface area contributed by atoms with Crippen LogP contribution in [-0.4, -0.2) is 51.1 Å². The average Bonchev–Trinajstić information content (AvgIpc) is 2.95. The lowest BCUT2D eigenvalue weighted by Gasteiger charge is -2.24. The van der Waals surface area contributed by atoms with Crippen molar-refractivity contribution < 1.29 is 24.2 Å². The Kier molecular flexibility index (Phi) is 6.16. The first-order valence-electron chi connectivity index (χ1n) is 9.47. The molecule has 1 N–H and O–H groups in total. The van der Waals surface area contributed by atoms with Gasteiger partial charge >= 0.3 is 18.0 Å². The molecule has 29 heavy (non-hydrogen) atoms. The van der Waals surface area contributed by atoms with Crippen LogP contribution < -0.4 is 0 Å². The van der Waals surface area contributed by atoms with Crippen molar-refractivity contribution in [2.45, 2.75) is 45.1 Å². The third-order valence-electron chi connectivity index (χ3n) is 4.70. The molecule has 3 rings (SSSR count). The highest BCUT2D eigenvalue weighted by Crippen LogP contribution is 2.29. The van der Waals surface area contributed by atoms with E-state index in [2.05, 4.69) is 0 Å². The zero-order chi connectivity index (χ0) is 21.0. The van der Waals surface area contributed by atoms with Gasteiger partial charge in [-0.05, 0) is 25.0 Å². The van der Waals surface area contributed by atoms with E-state index in [4.69, 9.17) is 4.74 Å². The maximum Gasteiger partial charge on any atom is 0.331 e. The third-order valence-corrected chi connectivity index (χ3v) is 4.70. The summed E-state index contributed by atoms with van der Waals surface area (Å²) in [6.45, 7) is 3.58. The van der Waals surface area contributed by atoms with Gasteiger partial charge in [0.1, 0.15) is 0 Å². The Labute approximate surface area is 169 Å². The number of hydrogen-bond acceptors (Lipinski definition) is 4. The summed E-state index contributed by atoms with van der Waals surface area (Å²) >= 11 is 0. The van der Waals surface area contributed by atoms with Crippen LogP contribution in [0, 0.1) is 0 Å². The fourth-order valence-corrected chi connectivity index (χ4v) is 3.46. The number of nitrogens with zero attached hydrogens (tertiary/aromatic N) is 2. The maximum absolute atomic E-state index is 13.2. The van der Waals surface area contributed by atoms with Crippen LogP contribution >= 0.6 is 0 Å². The van der Waals surface area contributed by atoms with Gasteiger partial charge in [0.25, 0.3) is 0 Å². The number of esters is 1. The van der Waals surface area contributed by atoms with Gasteiger partial charge in [0, 0.05) is 13.1 Å². The van der Waals surface area contributed by atoms with E-state index in [0.717, 1.165) is 11.1 Å². The van der Waals surface area contributed by atoms with Crippen LogP contribution in [-0.2, 0) is 27.4 Å². The molecule has 0 aromatic heterocycles. The molecule has 2 aromatic rings. The second-order valence-corrected chi connectivity index (χ2v) is 7.22. The van der Waals surface area contributed by atoms with Crippen LogP contribution in [0.4, 0.5) is 4.79 Å². The van der Waals surface area contributed by atoms with Crippen molar-refractivity contribution in [1.29, 1.82) is 0 Å². The lowest BCUT2D eigenvalue weighted by molar-refractivity contribution is -0.158. The smallest absolute Gasteiger partial charge is 0.331 e. The van der Waals surface area contributed by atoms with Crippen LogP contribution in [0.2, 0.25) is 0 Å². The minimum Gasteiger partial charge on any atom is -0.480 e. The summed E-state index contributed by atoms with van der Waals surface area (Å²) in [7, 11) is 0. The number of amides is 2. The predicted molar refractivity (Wildman–Crippen MR) is 106 cm³/mol. The van der Waals surface area contributed by atoms with Gasteiger partial charge in [-0.2, -0.15) is 0 Å². The molecule has 0 aliphatic carbocycles. The average molecular weight is 396 g/mol. The molecule has 0 saturated carbocycles. The second kappa shape index (κ2) is 8.77. The number of carbonyl (C=O) groups is 3. The van der Waals surface area contributed by atoms with Crippen molar-refractivity contribution in [3.8, 4) is 0 Å². The summed E-state index contributed by atoms with van der Waals surface area (Å²) < 4.78 is 5.31. The summed E-state index contributed by atoms with van der Waals surface area (Å²) in [5.41, 5.74) is 1.58. The van der Waals surface area contributed by atoms with Gasteiger partial charge in [0.15, 0.2) is 12.1 Å². The monoisotopic (exact) mass is 396 g/mol. The van der Waals surface area contributed by atoms with Crippen LogP contribution in [0.3, 0.4) is 0 Å². The summed E-state index contributed by atoms with van der Waals surface area (Å²) in [5, 5.41) is 9.89. The number of benzene rings is 2. The van der Waals surface area contributed by atoms with Gasteiger partial charge in [-0.3, -0.25) is 0 Å². The number of carboxylic acid groups (broad SMARTS) is 1. The fraction of sp³-hybridized carbons (Fsp3) is 0.318. The number of ether oxygens (including phenoxy) is 1. The van der Waals surface area contributed by atoms with Crippen LogP contribution in [0.25, 0.3) is 0 Å². The molecule has 7 nitrogen and oxygen atoms in total. The van der Waals surface area contributed by atoms with Crippen molar-refractivity contribution in [1.82, 2.24) is 9.80 Å². The molecule has 1 saturated heterocycles. The van der Waals surface area contributed by atoms with Gasteiger partial charge < -0.3 is 19.6 Å². The van der Waals surface area contributed by atoms with E-state index >= 15 is 0 Å². The fourth-order valence-electron chi connectivity index (χ4n) is 3.46. The summed E-state index contributed by atoms with van der Waals surface area (Å²) in [5.74, 6) is -1.96. The first-order valence-corrected chi connectivity index (χ1v) is 9.47. The summed E-state index contributed by atoms with van der Waals surface area (Å²) in [6.07, 6.45) is -0.422. The van der Waals surface area contributed by atoms with Gasteiger partial charge in [-0.15, -0.1) is 0 Å². The Morgan fingerprint density at radius 3 is 1.76 bits per heavy atom. The standard InChI is InChI=1S/C22H24N2O5/c1-15(2)29-21(27)19-18(20(25)26)23(13-16-9-5-3-6-10-16)22(28)24(19)14-17-11-7-4-8-12-17/h3-12,15,18-19H,13-14H2,1-2H3,(H,25,26)/t18-,19+/m0/s1. The van der Waals surface area contributed by atoms with Crippen molar-refractivity contribution in [2.24, 2.45) is 0 Å². The normalized spacial score (nSPS) is 18.9. The SMILES string of the molecule is CC(C)OC(=O)[C@H]1[C@@H](C(=O)O)N(Cc2ccccc2)C(=O)N1Cc1ccccc1. The molecule has 1 heterocycles. The Bertz CT molecular complexity index is 869. The lowest BCUT2D eigenvalue weighted by Crippen LogP contribution is -2.48. The third kappa shape index (κ3) is 4.56. The molecule has 152 valence electrons. The zero-order valence-corrected chi connectivity index (χ0v) is 16.4. The molecule has 0 bridgehead atoms. The lowest BCUT2D eigenvalue weighted by atomic mass is 10.1. The Hall–Kier alpha value is -3.35. The van der Waals surface area contributed by atoms with Crippen LogP contribution in [0.5, 0.6) is 0 Å². The van der Waals surface area contributed by atoms with Crippen LogP contribution in [0.15, 0.2) is 60.7 Å². The van der Waals surface area contributed by atoms with E-state index in [-0.39, 0.29) is 13.1 Å².